The van der Waals surface area contributed by atoms with Crippen LogP contribution in [-0.2, 0) is 0 Å². The van der Waals surface area contributed by atoms with Crippen LogP contribution in [0.2, 0.25) is 0 Å². The number of benzene rings is 2. The van der Waals surface area contributed by atoms with Crippen molar-refractivity contribution in [3.05, 3.63) is 53.3 Å². The van der Waals surface area contributed by atoms with Gasteiger partial charge in [-0.15, -0.1) is 0 Å². The molecule has 0 N–H and O–H groups in total. The van der Waals surface area contributed by atoms with Crippen molar-refractivity contribution < 1.29 is 18.7 Å². The molecule has 0 aliphatic rings. The molecule has 0 unspecified atom stereocenters. The lowest BCUT2D eigenvalue weighted by atomic mass is 10.1. The molecule has 0 aliphatic carbocycles. The number of ether oxygens (including phenoxy) is 2. The first-order valence-corrected chi connectivity index (χ1v) is 6.11. The molecule has 4 nitrogen and oxygen atoms in total. The maximum atomic E-state index is 13.2. The van der Waals surface area contributed by atoms with Gasteiger partial charge in [0.15, 0.2) is 17.3 Å². The van der Waals surface area contributed by atoms with E-state index in [1.54, 1.807) is 12.1 Å². The second kappa shape index (κ2) is 6.06. The lowest BCUT2D eigenvalue weighted by Gasteiger charge is -2.12. The van der Waals surface area contributed by atoms with Crippen LogP contribution in [0.1, 0.15) is 22.8 Å². The Morgan fingerprint density at radius 3 is 2.48 bits per heavy atom. The maximum absolute atomic E-state index is 13.2. The molecule has 2 aromatic rings. The zero-order chi connectivity index (χ0) is 15.4. The molecule has 0 heterocycles. The molecule has 0 atom stereocenters. The average molecular weight is 285 g/mol. The predicted octanol–water partition coefficient (Wildman–Crippen LogP) is 3.70. The molecule has 2 rings (SSSR count). The van der Waals surface area contributed by atoms with E-state index in [-0.39, 0.29) is 17.1 Å². The maximum Gasteiger partial charge on any atom is 0.169 e. The number of hydrogen-bond donors (Lipinski definition) is 0. The van der Waals surface area contributed by atoms with Crippen LogP contribution in [0.25, 0.3) is 0 Å². The summed E-state index contributed by atoms with van der Waals surface area (Å²) >= 11 is 0. The van der Waals surface area contributed by atoms with Crippen LogP contribution in [0.3, 0.4) is 0 Å². The molecule has 21 heavy (non-hydrogen) atoms. The molecule has 0 saturated heterocycles. The molecule has 0 aliphatic heterocycles. The number of methoxy groups -OCH3 is 1. The Balaban J connectivity index is 2.43. The number of rotatable bonds is 4. The van der Waals surface area contributed by atoms with Gasteiger partial charge >= 0.3 is 0 Å². The van der Waals surface area contributed by atoms with Gasteiger partial charge in [-0.05, 0) is 37.3 Å². The molecule has 0 aromatic heterocycles. The van der Waals surface area contributed by atoms with E-state index in [1.807, 2.05) is 6.07 Å². The van der Waals surface area contributed by atoms with Crippen LogP contribution in [0, 0.1) is 17.1 Å². The number of hydrogen-bond acceptors (Lipinski definition) is 4. The number of carbonyl (C=O) groups excluding carboxylic acids is 1. The quantitative estimate of drug-likeness (QED) is 0.804. The Morgan fingerprint density at radius 1 is 1.14 bits per heavy atom. The van der Waals surface area contributed by atoms with Crippen LogP contribution >= 0.6 is 0 Å². The molecular weight excluding hydrogens is 273 g/mol. The van der Waals surface area contributed by atoms with Gasteiger partial charge in [0.05, 0.1) is 24.3 Å². The van der Waals surface area contributed by atoms with Gasteiger partial charge in [-0.2, -0.15) is 5.26 Å². The van der Waals surface area contributed by atoms with Crippen LogP contribution < -0.4 is 9.47 Å². The number of halogens is 1. The fraction of sp³-hybridized carbons (Fsp3) is 0.125. The van der Waals surface area contributed by atoms with Gasteiger partial charge in [0.25, 0.3) is 0 Å². The predicted molar refractivity (Wildman–Crippen MR) is 74.2 cm³/mol. The van der Waals surface area contributed by atoms with E-state index >= 15 is 0 Å². The fourth-order valence-electron chi connectivity index (χ4n) is 1.81. The standard InChI is InChI=1S/C16H12FNO3/c1-10(19)13-8-12(17)4-6-14(13)21-15-5-3-11(9-18)7-16(15)20-2/h3-8H,1-2H3. The second-order valence-corrected chi connectivity index (χ2v) is 4.28. The summed E-state index contributed by atoms with van der Waals surface area (Å²) in [5.74, 6) is 0.0989. The highest BCUT2D eigenvalue weighted by atomic mass is 19.1. The second-order valence-electron chi connectivity index (χ2n) is 4.28. The monoisotopic (exact) mass is 285 g/mol. The van der Waals surface area contributed by atoms with E-state index in [0.717, 1.165) is 6.07 Å². The largest absolute Gasteiger partial charge is 0.493 e. The summed E-state index contributed by atoms with van der Waals surface area (Å²) in [6.07, 6.45) is 0. The Hall–Kier alpha value is -2.87. The van der Waals surface area contributed by atoms with E-state index in [9.17, 15) is 9.18 Å². The van der Waals surface area contributed by atoms with E-state index in [0.29, 0.717) is 17.1 Å². The Labute approximate surface area is 121 Å². The SMILES string of the molecule is COc1cc(C#N)ccc1Oc1ccc(F)cc1C(C)=O. The van der Waals surface area contributed by atoms with Crippen LogP contribution in [0.15, 0.2) is 36.4 Å². The Bertz CT molecular complexity index is 735. The topological polar surface area (TPSA) is 59.3 Å². The first-order valence-electron chi connectivity index (χ1n) is 6.11. The zero-order valence-electron chi connectivity index (χ0n) is 11.5. The van der Waals surface area contributed by atoms with E-state index in [1.165, 1.54) is 32.2 Å². The molecular formula is C16H12FNO3. The van der Waals surface area contributed by atoms with Crippen molar-refractivity contribution in [2.24, 2.45) is 0 Å². The first kappa shape index (κ1) is 14.5. The summed E-state index contributed by atoms with van der Waals surface area (Å²) in [6, 6.07) is 10.3. The molecule has 0 fully saturated rings. The average Bonchev–Trinajstić information content (AvgIpc) is 2.49. The number of nitriles is 1. The summed E-state index contributed by atoms with van der Waals surface area (Å²) in [5, 5.41) is 8.85. The van der Waals surface area contributed by atoms with Crippen molar-refractivity contribution in [2.75, 3.05) is 7.11 Å². The zero-order valence-corrected chi connectivity index (χ0v) is 11.5. The van der Waals surface area contributed by atoms with Crippen molar-refractivity contribution in [3.8, 4) is 23.3 Å². The minimum atomic E-state index is -0.514. The van der Waals surface area contributed by atoms with Gasteiger partial charge in [0.2, 0.25) is 0 Å². The molecule has 0 bridgehead atoms. The highest BCUT2D eigenvalue weighted by Gasteiger charge is 2.13. The lowest BCUT2D eigenvalue weighted by Crippen LogP contribution is -1.99. The van der Waals surface area contributed by atoms with E-state index in [4.69, 9.17) is 14.7 Å². The Kier molecular flexibility index (Phi) is 4.19. The van der Waals surface area contributed by atoms with Gasteiger partial charge in [0.1, 0.15) is 11.6 Å². The van der Waals surface area contributed by atoms with E-state index < -0.39 is 5.82 Å². The molecule has 5 heteroatoms. The fourth-order valence-corrected chi connectivity index (χ4v) is 1.81. The summed E-state index contributed by atoms with van der Waals surface area (Å²) in [5.41, 5.74) is 0.562. The van der Waals surface area contributed by atoms with Gasteiger partial charge in [-0.3, -0.25) is 4.79 Å². The summed E-state index contributed by atoms with van der Waals surface area (Å²) in [4.78, 5) is 11.5. The number of ketones is 1. The number of nitrogens with zero attached hydrogens (tertiary/aromatic N) is 1. The summed E-state index contributed by atoms with van der Waals surface area (Å²) in [7, 11) is 1.44. The van der Waals surface area contributed by atoms with E-state index in [2.05, 4.69) is 0 Å². The third kappa shape index (κ3) is 3.18. The number of Topliss-reactive ketones (excluding diaryl/α,β-unsaturated/α-hetero) is 1. The number of carbonyl (C=O) groups is 1. The lowest BCUT2D eigenvalue weighted by molar-refractivity contribution is 0.101. The first-order chi connectivity index (χ1) is 10.0. The van der Waals surface area contributed by atoms with Gasteiger partial charge < -0.3 is 9.47 Å². The summed E-state index contributed by atoms with van der Waals surface area (Å²) < 4.78 is 24.0. The van der Waals surface area contributed by atoms with Crippen molar-refractivity contribution >= 4 is 5.78 Å². The normalized spacial score (nSPS) is 9.81. The highest BCUT2D eigenvalue weighted by Crippen LogP contribution is 2.34. The van der Waals surface area contributed by atoms with Gasteiger partial charge in [-0.1, -0.05) is 0 Å². The molecule has 0 radical (unpaired) electrons. The summed E-state index contributed by atoms with van der Waals surface area (Å²) in [6.45, 7) is 1.33. The van der Waals surface area contributed by atoms with Crippen LogP contribution in [-0.4, -0.2) is 12.9 Å². The molecule has 2 aromatic carbocycles. The molecule has 0 saturated carbocycles. The van der Waals surface area contributed by atoms with Crippen molar-refractivity contribution in [2.45, 2.75) is 6.92 Å². The van der Waals surface area contributed by atoms with Crippen LogP contribution in [0.4, 0.5) is 4.39 Å². The Morgan fingerprint density at radius 2 is 1.86 bits per heavy atom. The highest BCUT2D eigenvalue weighted by molar-refractivity contribution is 5.96. The van der Waals surface area contributed by atoms with Gasteiger partial charge in [0, 0.05) is 6.07 Å². The molecule has 106 valence electrons. The van der Waals surface area contributed by atoms with Crippen molar-refractivity contribution in [3.63, 3.8) is 0 Å². The van der Waals surface area contributed by atoms with Gasteiger partial charge in [-0.25, -0.2) is 4.39 Å². The molecule has 0 spiro atoms. The molecule has 0 amide bonds. The van der Waals surface area contributed by atoms with Crippen molar-refractivity contribution in [1.82, 2.24) is 0 Å². The van der Waals surface area contributed by atoms with Crippen LogP contribution in [0.5, 0.6) is 17.2 Å². The smallest absolute Gasteiger partial charge is 0.169 e. The minimum Gasteiger partial charge on any atom is -0.493 e. The third-order valence-electron chi connectivity index (χ3n) is 2.83. The third-order valence-corrected chi connectivity index (χ3v) is 2.83. The van der Waals surface area contributed by atoms with Crippen molar-refractivity contribution in [1.29, 1.82) is 5.26 Å². The minimum absolute atomic E-state index is 0.140.